The first-order valence-corrected chi connectivity index (χ1v) is 5.32. The number of nitrogens with zero attached hydrogens (tertiary/aromatic N) is 1. The Kier molecular flexibility index (Phi) is 2.50. The summed E-state index contributed by atoms with van der Waals surface area (Å²) in [7, 11) is 0. The monoisotopic (exact) mass is 207 g/mol. The molecule has 1 aromatic carbocycles. The van der Waals surface area contributed by atoms with Crippen molar-refractivity contribution < 1.29 is 4.52 Å². The Labute approximate surface area is 88.7 Å². The van der Waals surface area contributed by atoms with Crippen LogP contribution in [-0.2, 0) is 6.42 Å². The standard InChI is InChI=1S/C11H13NOS/c1-7-3-4-9-10(5-6-14)12-13-11(9)8(7)2/h3-4,14H,5-6H2,1-2H3. The maximum Gasteiger partial charge on any atom is 0.170 e. The van der Waals surface area contributed by atoms with Crippen LogP contribution in [0.5, 0.6) is 0 Å². The average Bonchev–Trinajstić information content (AvgIpc) is 2.57. The number of aryl methyl sites for hydroxylation is 3. The van der Waals surface area contributed by atoms with Gasteiger partial charge in [0.05, 0.1) is 5.69 Å². The smallest absolute Gasteiger partial charge is 0.170 e. The van der Waals surface area contributed by atoms with Crippen LogP contribution in [0, 0.1) is 13.8 Å². The summed E-state index contributed by atoms with van der Waals surface area (Å²) in [5.74, 6) is 0.800. The quantitative estimate of drug-likeness (QED) is 0.766. The van der Waals surface area contributed by atoms with Crippen molar-refractivity contribution in [2.45, 2.75) is 20.3 Å². The van der Waals surface area contributed by atoms with Gasteiger partial charge in [-0.1, -0.05) is 11.2 Å². The van der Waals surface area contributed by atoms with Gasteiger partial charge in [-0.3, -0.25) is 0 Å². The highest BCUT2D eigenvalue weighted by Crippen LogP contribution is 2.24. The van der Waals surface area contributed by atoms with Gasteiger partial charge in [-0.15, -0.1) is 0 Å². The van der Waals surface area contributed by atoms with Crippen molar-refractivity contribution in [1.82, 2.24) is 5.16 Å². The summed E-state index contributed by atoms with van der Waals surface area (Å²) >= 11 is 4.20. The topological polar surface area (TPSA) is 26.0 Å². The molecule has 0 N–H and O–H groups in total. The minimum absolute atomic E-state index is 0.800. The molecule has 0 bridgehead atoms. The van der Waals surface area contributed by atoms with Crippen LogP contribution in [0.1, 0.15) is 16.8 Å². The Morgan fingerprint density at radius 2 is 2.14 bits per heavy atom. The van der Waals surface area contributed by atoms with Crippen LogP contribution in [0.4, 0.5) is 0 Å². The maximum atomic E-state index is 5.33. The van der Waals surface area contributed by atoms with Gasteiger partial charge in [0.1, 0.15) is 0 Å². The molecule has 1 aromatic heterocycles. The molecule has 0 saturated heterocycles. The number of rotatable bonds is 2. The number of aromatic nitrogens is 1. The molecule has 0 atom stereocenters. The normalized spacial score (nSPS) is 11.1. The van der Waals surface area contributed by atoms with E-state index >= 15 is 0 Å². The van der Waals surface area contributed by atoms with E-state index in [0.29, 0.717) is 0 Å². The molecule has 0 aliphatic rings. The Hall–Kier alpha value is -0.960. The van der Waals surface area contributed by atoms with Crippen molar-refractivity contribution >= 4 is 23.6 Å². The molecule has 0 aliphatic heterocycles. The third kappa shape index (κ3) is 1.42. The van der Waals surface area contributed by atoms with E-state index in [2.05, 4.69) is 43.8 Å². The highest BCUT2D eigenvalue weighted by atomic mass is 32.1. The van der Waals surface area contributed by atoms with Crippen LogP contribution in [-0.4, -0.2) is 10.9 Å². The van der Waals surface area contributed by atoms with E-state index in [9.17, 15) is 0 Å². The molecule has 2 nitrogen and oxygen atoms in total. The number of fused-ring (bicyclic) bond motifs is 1. The highest BCUT2D eigenvalue weighted by molar-refractivity contribution is 7.80. The van der Waals surface area contributed by atoms with Gasteiger partial charge in [0, 0.05) is 11.8 Å². The summed E-state index contributed by atoms with van der Waals surface area (Å²) in [5.41, 5.74) is 4.35. The lowest BCUT2D eigenvalue weighted by molar-refractivity contribution is 0.446. The average molecular weight is 207 g/mol. The fourth-order valence-electron chi connectivity index (χ4n) is 1.57. The van der Waals surface area contributed by atoms with Gasteiger partial charge in [0.25, 0.3) is 0 Å². The number of hydrogen-bond donors (Lipinski definition) is 1. The fraction of sp³-hybridized carbons (Fsp3) is 0.364. The zero-order chi connectivity index (χ0) is 10.1. The molecule has 0 saturated carbocycles. The molecule has 0 aliphatic carbocycles. The van der Waals surface area contributed by atoms with Crippen LogP contribution in [0.25, 0.3) is 11.0 Å². The van der Waals surface area contributed by atoms with Crippen molar-refractivity contribution in [3.63, 3.8) is 0 Å². The second-order valence-electron chi connectivity index (χ2n) is 3.49. The van der Waals surface area contributed by atoms with Gasteiger partial charge in [-0.25, -0.2) is 0 Å². The largest absolute Gasteiger partial charge is 0.356 e. The first-order valence-electron chi connectivity index (χ1n) is 4.69. The molecule has 0 unspecified atom stereocenters. The van der Waals surface area contributed by atoms with Crippen LogP contribution in [0.3, 0.4) is 0 Å². The van der Waals surface area contributed by atoms with Crippen molar-refractivity contribution in [3.8, 4) is 0 Å². The Balaban J connectivity index is 2.64. The molecular formula is C11H13NOS. The fourth-order valence-corrected chi connectivity index (χ4v) is 1.78. The molecule has 0 spiro atoms. The highest BCUT2D eigenvalue weighted by Gasteiger charge is 2.10. The minimum Gasteiger partial charge on any atom is -0.356 e. The first-order chi connectivity index (χ1) is 6.74. The molecule has 0 radical (unpaired) electrons. The number of benzene rings is 1. The van der Waals surface area contributed by atoms with Crippen LogP contribution in [0.15, 0.2) is 16.7 Å². The van der Waals surface area contributed by atoms with E-state index in [1.807, 2.05) is 0 Å². The zero-order valence-electron chi connectivity index (χ0n) is 8.37. The van der Waals surface area contributed by atoms with E-state index in [0.717, 1.165) is 28.8 Å². The van der Waals surface area contributed by atoms with Crippen molar-refractivity contribution in [3.05, 3.63) is 29.0 Å². The Bertz CT molecular complexity index is 462. The molecule has 2 aromatic rings. The predicted octanol–water partition coefficient (Wildman–Crippen LogP) is 2.92. The summed E-state index contributed by atoms with van der Waals surface area (Å²) in [4.78, 5) is 0. The Morgan fingerprint density at radius 1 is 1.36 bits per heavy atom. The minimum atomic E-state index is 0.800. The number of hydrogen-bond acceptors (Lipinski definition) is 3. The SMILES string of the molecule is Cc1ccc2c(CCS)noc2c1C. The van der Waals surface area contributed by atoms with E-state index in [1.54, 1.807) is 0 Å². The zero-order valence-corrected chi connectivity index (χ0v) is 9.27. The van der Waals surface area contributed by atoms with Crippen molar-refractivity contribution in [1.29, 1.82) is 0 Å². The van der Waals surface area contributed by atoms with E-state index < -0.39 is 0 Å². The molecule has 2 rings (SSSR count). The van der Waals surface area contributed by atoms with Gasteiger partial charge in [0.2, 0.25) is 0 Å². The van der Waals surface area contributed by atoms with E-state index in [1.165, 1.54) is 11.1 Å². The van der Waals surface area contributed by atoms with Gasteiger partial charge < -0.3 is 4.52 Å². The molecule has 0 amide bonds. The summed E-state index contributed by atoms with van der Waals surface area (Å²) < 4.78 is 5.33. The molecule has 74 valence electrons. The van der Waals surface area contributed by atoms with Crippen molar-refractivity contribution in [2.24, 2.45) is 0 Å². The lowest BCUT2D eigenvalue weighted by atomic mass is 10.1. The van der Waals surface area contributed by atoms with Crippen LogP contribution in [0.2, 0.25) is 0 Å². The summed E-state index contributed by atoms with van der Waals surface area (Å²) in [6, 6.07) is 4.18. The molecule has 1 heterocycles. The van der Waals surface area contributed by atoms with Gasteiger partial charge in [-0.05, 0) is 36.8 Å². The molecule has 3 heteroatoms. The van der Waals surface area contributed by atoms with Crippen LogP contribution < -0.4 is 0 Å². The molecular weight excluding hydrogens is 194 g/mol. The Morgan fingerprint density at radius 3 is 2.86 bits per heavy atom. The third-order valence-corrected chi connectivity index (χ3v) is 2.81. The summed E-state index contributed by atoms with van der Waals surface area (Å²) in [6.45, 7) is 4.14. The van der Waals surface area contributed by atoms with E-state index in [4.69, 9.17) is 4.52 Å². The first kappa shape index (κ1) is 9.59. The van der Waals surface area contributed by atoms with Gasteiger partial charge in [0.15, 0.2) is 5.58 Å². The summed E-state index contributed by atoms with van der Waals surface area (Å²) in [5, 5.41) is 5.19. The second-order valence-corrected chi connectivity index (χ2v) is 3.93. The maximum absolute atomic E-state index is 5.33. The van der Waals surface area contributed by atoms with E-state index in [-0.39, 0.29) is 0 Å². The summed E-state index contributed by atoms with van der Waals surface area (Å²) in [6.07, 6.45) is 0.860. The number of thiol groups is 1. The van der Waals surface area contributed by atoms with Gasteiger partial charge in [-0.2, -0.15) is 12.6 Å². The second kappa shape index (κ2) is 3.65. The van der Waals surface area contributed by atoms with Crippen molar-refractivity contribution in [2.75, 3.05) is 5.75 Å². The molecule has 14 heavy (non-hydrogen) atoms. The van der Waals surface area contributed by atoms with Gasteiger partial charge >= 0.3 is 0 Å². The predicted molar refractivity (Wildman–Crippen MR) is 61.0 cm³/mol. The lowest BCUT2D eigenvalue weighted by Gasteiger charge is -1.98. The third-order valence-electron chi connectivity index (χ3n) is 2.58. The molecule has 0 fully saturated rings. The lowest BCUT2D eigenvalue weighted by Crippen LogP contribution is -1.87. The van der Waals surface area contributed by atoms with Crippen LogP contribution >= 0.6 is 12.6 Å².